The molecule has 1 amide bonds. The van der Waals surface area contributed by atoms with E-state index in [2.05, 4.69) is 4.72 Å². The fourth-order valence-electron chi connectivity index (χ4n) is 4.24. The highest BCUT2D eigenvalue weighted by molar-refractivity contribution is 7.90. The Bertz CT molecular complexity index is 764. The third kappa shape index (κ3) is 4.72. The van der Waals surface area contributed by atoms with Gasteiger partial charge in [0.15, 0.2) is 0 Å². The summed E-state index contributed by atoms with van der Waals surface area (Å²) < 4.78 is 36.0. The van der Waals surface area contributed by atoms with Gasteiger partial charge in [0.1, 0.15) is 16.2 Å². The summed E-state index contributed by atoms with van der Waals surface area (Å²) >= 11 is -1.32. The molecule has 1 spiro atoms. The molecular formula is C22H33FN2O3S. The largest absolute Gasteiger partial charge is 0.598 e. The van der Waals surface area contributed by atoms with Crippen molar-refractivity contribution in [3.63, 3.8) is 0 Å². The molecule has 1 aromatic carbocycles. The standard InChI is InChI=1S/C22H33FN2O3S/c1-20(2,3)28-19(26)25-12-10-22(11-13-25)14-15-8-7-9-16(23)17(15)18(22)24-29(27)21(4,5)6/h7-9,18,24H,10-14H2,1-6H3/t18-,29?/m0/s1. The number of hydrogen-bond donors (Lipinski definition) is 1. The van der Waals surface area contributed by atoms with E-state index in [1.807, 2.05) is 47.6 Å². The molecule has 0 aromatic heterocycles. The Morgan fingerprint density at radius 3 is 2.41 bits per heavy atom. The van der Waals surface area contributed by atoms with Gasteiger partial charge in [0.2, 0.25) is 0 Å². The molecule has 162 valence electrons. The maximum atomic E-state index is 14.8. The van der Waals surface area contributed by atoms with Crippen molar-refractivity contribution in [3.05, 3.63) is 35.1 Å². The zero-order chi connectivity index (χ0) is 21.6. The number of likely N-dealkylation sites (tertiary alicyclic amines) is 1. The molecule has 1 aromatic rings. The van der Waals surface area contributed by atoms with E-state index in [4.69, 9.17) is 4.74 Å². The first-order valence-corrected chi connectivity index (χ1v) is 11.4. The molecule has 0 saturated carbocycles. The molecule has 5 nitrogen and oxygen atoms in total. The van der Waals surface area contributed by atoms with Gasteiger partial charge >= 0.3 is 6.09 Å². The third-order valence-corrected chi connectivity index (χ3v) is 7.34. The number of carbonyl (C=O) groups is 1. The van der Waals surface area contributed by atoms with Crippen LogP contribution in [0.15, 0.2) is 18.2 Å². The number of amides is 1. The van der Waals surface area contributed by atoms with Crippen molar-refractivity contribution in [2.24, 2.45) is 5.41 Å². The van der Waals surface area contributed by atoms with Crippen molar-refractivity contribution in [1.82, 2.24) is 9.62 Å². The summed E-state index contributed by atoms with van der Waals surface area (Å²) in [4.78, 5) is 14.2. The van der Waals surface area contributed by atoms with Crippen LogP contribution in [-0.2, 0) is 22.5 Å². The van der Waals surface area contributed by atoms with Crippen LogP contribution in [0.25, 0.3) is 0 Å². The minimum Gasteiger partial charge on any atom is -0.598 e. The molecule has 1 N–H and O–H groups in total. The summed E-state index contributed by atoms with van der Waals surface area (Å²) in [5.41, 5.74) is 0.811. The van der Waals surface area contributed by atoms with Crippen LogP contribution in [0, 0.1) is 11.2 Å². The van der Waals surface area contributed by atoms with Gasteiger partial charge in [-0.05, 0) is 72.4 Å². The van der Waals surface area contributed by atoms with Gasteiger partial charge in [-0.3, -0.25) is 0 Å². The van der Waals surface area contributed by atoms with E-state index < -0.39 is 21.7 Å². The Labute approximate surface area is 176 Å². The number of rotatable bonds is 2. The summed E-state index contributed by atoms with van der Waals surface area (Å²) in [6, 6.07) is 4.84. The molecule has 0 bridgehead atoms. The second-order valence-electron chi connectivity index (χ2n) is 10.3. The molecule has 0 radical (unpaired) electrons. The summed E-state index contributed by atoms with van der Waals surface area (Å²) in [6.45, 7) is 12.4. The number of benzene rings is 1. The van der Waals surface area contributed by atoms with E-state index in [0.29, 0.717) is 31.5 Å². The summed E-state index contributed by atoms with van der Waals surface area (Å²) in [6.07, 6.45) is 1.83. The highest BCUT2D eigenvalue weighted by Gasteiger charge is 2.52. The maximum Gasteiger partial charge on any atom is 0.410 e. The number of ether oxygens (including phenoxy) is 1. The van der Waals surface area contributed by atoms with E-state index in [9.17, 15) is 13.7 Å². The molecule has 29 heavy (non-hydrogen) atoms. The third-order valence-electron chi connectivity index (χ3n) is 5.78. The Hall–Kier alpha value is -1.31. The lowest BCUT2D eigenvalue weighted by Gasteiger charge is -2.43. The zero-order valence-electron chi connectivity index (χ0n) is 18.3. The first kappa shape index (κ1) is 22.4. The lowest BCUT2D eigenvalue weighted by Crippen LogP contribution is -2.51. The van der Waals surface area contributed by atoms with Crippen molar-refractivity contribution in [2.45, 2.75) is 77.2 Å². The summed E-state index contributed by atoms with van der Waals surface area (Å²) in [5, 5.41) is 0. The highest BCUT2D eigenvalue weighted by atomic mass is 32.2. The van der Waals surface area contributed by atoms with Crippen LogP contribution in [-0.4, -0.2) is 39.0 Å². The van der Waals surface area contributed by atoms with Crippen LogP contribution < -0.4 is 4.72 Å². The Morgan fingerprint density at radius 1 is 1.24 bits per heavy atom. The topological polar surface area (TPSA) is 64.6 Å². The lowest BCUT2D eigenvalue weighted by atomic mass is 9.73. The van der Waals surface area contributed by atoms with Gasteiger partial charge in [0.05, 0.1) is 6.04 Å². The quantitative estimate of drug-likeness (QED) is 0.711. The second kappa shape index (κ2) is 7.75. The zero-order valence-corrected chi connectivity index (χ0v) is 19.1. The van der Waals surface area contributed by atoms with Gasteiger partial charge in [0, 0.05) is 35.4 Å². The molecule has 3 rings (SSSR count). The van der Waals surface area contributed by atoms with E-state index >= 15 is 0 Å². The van der Waals surface area contributed by atoms with E-state index in [0.717, 1.165) is 12.0 Å². The van der Waals surface area contributed by atoms with Gasteiger partial charge in [0.25, 0.3) is 0 Å². The summed E-state index contributed by atoms with van der Waals surface area (Å²) in [7, 11) is 0. The monoisotopic (exact) mass is 424 g/mol. The van der Waals surface area contributed by atoms with Crippen molar-refractivity contribution in [3.8, 4) is 0 Å². The smallest absolute Gasteiger partial charge is 0.410 e. The van der Waals surface area contributed by atoms with Crippen LogP contribution >= 0.6 is 0 Å². The lowest BCUT2D eigenvalue weighted by molar-refractivity contribution is 0.00705. The molecule has 1 heterocycles. The molecule has 1 aliphatic heterocycles. The maximum absolute atomic E-state index is 14.8. The average Bonchev–Trinajstić information content (AvgIpc) is 2.87. The first-order valence-electron chi connectivity index (χ1n) is 10.3. The van der Waals surface area contributed by atoms with Crippen molar-refractivity contribution < 1.29 is 18.5 Å². The SMILES string of the molecule is CC(C)(C)OC(=O)N1CCC2(CC1)Cc1cccc(F)c1[C@@H]2N[S+]([O-])C(C)(C)C. The molecule has 1 aliphatic carbocycles. The molecule has 1 fully saturated rings. The van der Waals surface area contributed by atoms with Crippen LogP contribution in [0.3, 0.4) is 0 Å². The normalized spacial score (nSPS) is 22.5. The van der Waals surface area contributed by atoms with Crippen molar-refractivity contribution in [2.75, 3.05) is 13.1 Å². The van der Waals surface area contributed by atoms with E-state index in [-0.39, 0.29) is 23.4 Å². The molecule has 7 heteroatoms. The average molecular weight is 425 g/mol. The molecule has 2 atom stereocenters. The van der Waals surface area contributed by atoms with Crippen LogP contribution in [0.5, 0.6) is 0 Å². The predicted molar refractivity (Wildman–Crippen MR) is 113 cm³/mol. The van der Waals surface area contributed by atoms with Gasteiger partial charge in [-0.15, -0.1) is 4.72 Å². The van der Waals surface area contributed by atoms with Gasteiger partial charge in [-0.2, -0.15) is 0 Å². The number of halogens is 1. The molecular weight excluding hydrogens is 391 g/mol. The Morgan fingerprint density at radius 2 is 1.86 bits per heavy atom. The fourth-order valence-corrected chi connectivity index (χ4v) is 5.18. The van der Waals surface area contributed by atoms with E-state index in [1.165, 1.54) is 6.07 Å². The predicted octanol–water partition coefficient (Wildman–Crippen LogP) is 4.49. The van der Waals surface area contributed by atoms with Gasteiger partial charge in [-0.25, -0.2) is 9.18 Å². The molecule has 1 saturated heterocycles. The first-order chi connectivity index (χ1) is 13.3. The van der Waals surface area contributed by atoms with E-state index in [1.54, 1.807) is 11.0 Å². The number of carbonyl (C=O) groups excluding carboxylic acids is 1. The number of hydrogen-bond acceptors (Lipinski definition) is 4. The minimum atomic E-state index is -1.32. The van der Waals surface area contributed by atoms with Crippen molar-refractivity contribution in [1.29, 1.82) is 0 Å². The molecule has 2 aliphatic rings. The molecule has 1 unspecified atom stereocenters. The minimum absolute atomic E-state index is 0.252. The van der Waals surface area contributed by atoms with Gasteiger partial charge in [-0.1, -0.05) is 12.1 Å². The highest BCUT2D eigenvalue weighted by Crippen LogP contribution is 2.53. The van der Waals surface area contributed by atoms with Crippen LogP contribution in [0.2, 0.25) is 0 Å². The second-order valence-corrected chi connectivity index (χ2v) is 12.2. The number of nitrogens with zero attached hydrogens (tertiary/aromatic N) is 1. The van der Waals surface area contributed by atoms with Crippen molar-refractivity contribution >= 4 is 17.5 Å². The Balaban J connectivity index is 1.83. The summed E-state index contributed by atoms with van der Waals surface area (Å²) in [5.74, 6) is -0.252. The van der Waals surface area contributed by atoms with Gasteiger partial charge < -0.3 is 14.2 Å². The van der Waals surface area contributed by atoms with Crippen LogP contribution in [0.1, 0.15) is 71.6 Å². The fraction of sp³-hybridized carbons (Fsp3) is 0.682. The van der Waals surface area contributed by atoms with Crippen LogP contribution in [0.4, 0.5) is 9.18 Å². The number of nitrogens with one attached hydrogen (secondary N) is 1. The number of piperidine rings is 1. The Kier molecular flexibility index (Phi) is 5.98. The number of fused-ring (bicyclic) bond motifs is 1.